The lowest BCUT2D eigenvalue weighted by atomic mass is 9.92. The molecule has 0 bridgehead atoms. The van der Waals surface area contributed by atoms with E-state index in [2.05, 4.69) is 20.4 Å². The fourth-order valence-electron chi connectivity index (χ4n) is 3.17. The Morgan fingerprint density at radius 3 is 2.68 bits per heavy atom. The van der Waals surface area contributed by atoms with Crippen LogP contribution in [0.1, 0.15) is 55.8 Å². The summed E-state index contributed by atoms with van der Waals surface area (Å²) in [5, 5.41) is 17.4. The number of aryl methyl sites for hydroxylation is 2. The first-order chi connectivity index (χ1) is 11.7. The predicted octanol–water partition coefficient (Wildman–Crippen LogP) is 3.32. The Labute approximate surface area is 145 Å². The van der Waals surface area contributed by atoms with Crippen molar-refractivity contribution in [3.05, 3.63) is 29.2 Å². The van der Waals surface area contributed by atoms with Gasteiger partial charge in [0.2, 0.25) is 5.92 Å². The molecule has 136 valence electrons. The van der Waals surface area contributed by atoms with Crippen molar-refractivity contribution in [2.24, 2.45) is 0 Å². The number of alkyl halides is 2. The Bertz CT molecular complexity index is 759. The highest BCUT2D eigenvalue weighted by Gasteiger charge is 2.36. The smallest absolute Gasteiger partial charge is 0.253 e. The van der Waals surface area contributed by atoms with Crippen molar-refractivity contribution in [1.29, 1.82) is 0 Å². The van der Waals surface area contributed by atoms with Crippen molar-refractivity contribution < 1.29 is 13.9 Å². The Morgan fingerprint density at radius 2 is 2.08 bits per heavy atom. The van der Waals surface area contributed by atoms with Crippen LogP contribution in [-0.2, 0) is 0 Å². The number of aliphatic hydroxyl groups excluding tert-OH is 1. The van der Waals surface area contributed by atoms with E-state index < -0.39 is 12.0 Å². The van der Waals surface area contributed by atoms with Gasteiger partial charge in [0.05, 0.1) is 17.5 Å². The fraction of sp³-hybridized carbons (Fsp3) is 0.588. The molecule has 0 aliphatic heterocycles. The highest BCUT2D eigenvalue weighted by molar-refractivity contribution is 5.41. The first-order valence-electron chi connectivity index (χ1n) is 8.48. The lowest BCUT2D eigenvalue weighted by Gasteiger charge is -2.30. The second-order valence-electron chi connectivity index (χ2n) is 6.79. The summed E-state index contributed by atoms with van der Waals surface area (Å²) in [7, 11) is 0. The van der Waals surface area contributed by atoms with E-state index in [4.69, 9.17) is 0 Å². The number of hydrogen-bond donors (Lipinski definition) is 2. The second kappa shape index (κ2) is 6.67. The maximum atomic E-state index is 13.6. The van der Waals surface area contributed by atoms with Crippen molar-refractivity contribution in [2.75, 3.05) is 5.32 Å². The first kappa shape index (κ1) is 17.7. The number of aliphatic hydroxyl groups is 1. The van der Waals surface area contributed by atoms with Gasteiger partial charge in [-0.25, -0.2) is 18.4 Å². The molecule has 0 spiro atoms. The van der Waals surface area contributed by atoms with Crippen LogP contribution in [0.4, 0.5) is 14.6 Å². The summed E-state index contributed by atoms with van der Waals surface area (Å²) < 4.78 is 28.9. The number of anilines is 1. The van der Waals surface area contributed by atoms with E-state index in [1.807, 2.05) is 19.9 Å². The molecule has 8 heteroatoms. The standard InChI is InChI=1S/C17H23F2N5O/c1-10-7-11(2)24(23-10)16-21-14(12(3)25)8-15(22-16)20-13-5-4-6-17(18,19)9-13/h7-8,12-13,25H,4-6,9H2,1-3H3,(H,20,21,22)/t12-,13-/m0/s1. The minimum absolute atomic E-state index is 0.0646. The summed E-state index contributed by atoms with van der Waals surface area (Å²) >= 11 is 0. The van der Waals surface area contributed by atoms with E-state index in [1.165, 1.54) is 0 Å². The molecule has 2 aromatic rings. The van der Waals surface area contributed by atoms with Crippen LogP contribution in [0.2, 0.25) is 0 Å². The normalized spacial score (nSPS) is 21.1. The highest BCUT2D eigenvalue weighted by Crippen LogP contribution is 2.34. The number of hydrogen-bond acceptors (Lipinski definition) is 5. The van der Waals surface area contributed by atoms with Crippen LogP contribution in [0.5, 0.6) is 0 Å². The third-order valence-electron chi connectivity index (χ3n) is 4.35. The maximum absolute atomic E-state index is 13.6. The van der Waals surface area contributed by atoms with Gasteiger partial charge in [0.25, 0.3) is 5.95 Å². The third kappa shape index (κ3) is 4.12. The first-order valence-corrected chi connectivity index (χ1v) is 8.48. The van der Waals surface area contributed by atoms with Crippen LogP contribution in [0.15, 0.2) is 12.1 Å². The zero-order chi connectivity index (χ0) is 18.2. The Morgan fingerprint density at radius 1 is 1.32 bits per heavy atom. The molecule has 1 aliphatic carbocycles. The van der Waals surface area contributed by atoms with E-state index in [9.17, 15) is 13.9 Å². The van der Waals surface area contributed by atoms with E-state index in [-0.39, 0.29) is 18.9 Å². The molecule has 2 aromatic heterocycles. The molecule has 2 heterocycles. The molecule has 1 saturated carbocycles. The Hall–Kier alpha value is -2.09. The highest BCUT2D eigenvalue weighted by atomic mass is 19.3. The molecular weight excluding hydrogens is 328 g/mol. The summed E-state index contributed by atoms with van der Waals surface area (Å²) in [5.74, 6) is -1.90. The van der Waals surface area contributed by atoms with Crippen molar-refractivity contribution in [2.45, 2.75) is 64.5 Å². The van der Waals surface area contributed by atoms with Crippen molar-refractivity contribution in [3.63, 3.8) is 0 Å². The van der Waals surface area contributed by atoms with Gasteiger partial charge in [-0.2, -0.15) is 10.1 Å². The molecule has 0 unspecified atom stereocenters. The Balaban J connectivity index is 1.92. The lowest BCUT2D eigenvalue weighted by Crippen LogP contribution is -2.34. The van der Waals surface area contributed by atoms with Gasteiger partial charge in [0, 0.05) is 30.6 Å². The second-order valence-corrected chi connectivity index (χ2v) is 6.79. The van der Waals surface area contributed by atoms with Crippen LogP contribution in [-0.4, -0.2) is 36.8 Å². The summed E-state index contributed by atoms with van der Waals surface area (Å²) in [6.07, 6.45) is 0.0654. The molecule has 0 saturated heterocycles. The number of aromatic nitrogens is 4. The van der Waals surface area contributed by atoms with Crippen LogP contribution < -0.4 is 5.32 Å². The van der Waals surface area contributed by atoms with Gasteiger partial charge in [0.1, 0.15) is 5.82 Å². The molecule has 0 amide bonds. The molecular formula is C17H23F2N5O. The fourth-order valence-corrected chi connectivity index (χ4v) is 3.17. The predicted molar refractivity (Wildman–Crippen MR) is 90.1 cm³/mol. The summed E-state index contributed by atoms with van der Waals surface area (Å²) in [6, 6.07) is 3.15. The summed E-state index contributed by atoms with van der Waals surface area (Å²) in [5.41, 5.74) is 2.10. The lowest BCUT2D eigenvalue weighted by molar-refractivity contribution is -0.0373. The number of halogens is 2. The van der Waals surface area contributed by atoms with Crippen molar-refractivity contribution >= 4 is 5.82 Å². The van der Waals surface area contributed by atoms with Gasteiger partial charge >= 0.3 is 0 Å². The van der Waals surface area contributed by atoms with Crippen LogP contribution >= 0.6 is 0 Å². The molecule has 6 nitrogen and oxygen atoms in total. The van der Waals surface area contributed by atoms with Crippen molar-refractivity contribution in [3.8, 4) is 5.95 Å². The van der Waals surface area contributed by atoms with Crippen LogP contribution in [0, 0.1) is 13.8 Å². The molecule has 0 aromatic carbocycles. The zero-order valence-corrected chi connectivity index (χ0v) is 14.6. The molecule has 2 N–H and O–H groups in total. The summed E-state index contributed by atoms with van der Waals surface area (Å²) in [4.78, 5) is 8.77. The maximum Gasteiger partial charge on any atom is 0.253 e. The number of rotatable bonds is 4. The summed E-state index contributed by atoms with van der Waals surface area (Å²) in [6.45, 7) is 5.35. The Kier molecular flexibility index (Phi) is 4.73. The van der Waals surface area contributed by atoms with Crippen molar-refractivity contribution in [1.82, 2.24) is 19.7 Å². The van der Waals surface area contributed by atoms with E-state index >= 15 is 0 Å². The third-order valence-corrected chi connectivity index (χ3v) is 4.35. The van der Waals surface area contributed by atoms with Gasteiger partial charge < -0.3 is 10.4 Å². The molecule has 3 rings (SSSR count). The van der Waals surface area contributed by atoms with E-state index in [0.29, 0.717) is 30.3 Å². The molecule has 1 fully saturated rings. The largest absolute Gasteiger partial charge is 0.387 e. The van der Waals surface area contributed by atoms with E-state index in [0.717, 1.165) is 11.4 Å². The minimum Gasteiger partial charge on any atom is -0.387 e. The molecule has 2 atom stereocenters. The van der Waals surface area contributed by atoms with Gasteiger partial charge in [-0.3, -0.25) is 0 Å². The quantitative estimate of drug-likeness (QED) is 0.884. The van der Waals surface area contributed by atoms with Crippen LogP contribution in [0.3, 0.4) is 0 Å². The number of nitrogens with zero attached hydrogens (tertiary/aromatic N) is 4. The SMILES string of the molecule is Cc1cc(C)n(-c2nc(N[C@H]3CCCC(F)(F)C3)cc([C@H](C)O)n2)n1. The zero-order valence-electron chi connectivity index (χ0n) is 14.6. The molecule has 25 heavy (non-hydrogen) atoms. The molecule has 1 aliphatic rings. The average molecular weight is 351 g/mol. The van der Waals surface area contributed by atoms with Gasteiger partial charge in [-0.05, 0) is 39.7 Å². The monoisotopic (exact) mass is 351 g/mol. The average Bonchev–Trinajstić information content (AvgIpc) is 2.84. The number of nitrogens with one attached hydrogen (secondary N) is 1. The van der Waals surface area contributed by atoms with Gasteiger partial charge in [-0.15, -0.1) is 0 Å². The topological polar surface area (TPSA) is 75.9 Å². The minimum atomic E-state index is -2.64. The van der Waals surface area contributed by atoms with E-state index in [1.54, 1.807) is 17.7 Å². The van der Waals surface area contributed by atoms with Gasteiger partial charge in [0.15, 0.2) is 0 Å². The van der Waals surface area contributed by atoms with Crippen LogP contribution in [0.25, 0.3) is 5.95 Å². The molecule has 0 radical (unpaired) electrons. The van der Waals surface area contributed by atoms with Gasteiger partial charge in [-0.1, -0.05) is 0 Å².